The Morgan fingerprint density at radius 1 is 0.692 bits per heavy atom. The van der Waals surface area contributed by atoms with Gasteiger partial charge < -0.3 is 0 Å². The van der Waals surface area contributed by atoms with E-state index in [9.17, 15) is 0 Å². The maximum atomic E-state index is 6.17. The molecule has 0 aromatic rings. The summed E-state index contributed by atoms with van der Waals surface area (Å²) < 4.78 is -1.70. The van der Waals surface area contributed by atoms with Crippen LogP contribution in [0.25, 0.3) is 0 Å². The molecule has 0 unspecified atom stereocenters. The second kappa shape index (κ2) is 4.53. The number of alkyl halides is 5. The normalized spacial score (nSPS) is 14.8. The van der Waals surface area contributed by atoms with Crippen molar-refractivity contribution in [3.8, 4) is 0 Å². The fourth-order valence-electron chi connectivity index (χ4n) is 1.36. The van der Waals surface area contributed by atoms with Gasteiger partial charge in [-0.15, -0.1) is 58.0 Å². The van der Waals surface area contributed by atoms with E-state index in [0.717, 1.165) is 0 Å². The zero-order chi connectivity index (χ0) is 10.9. The second-order valence-corrected chi connectivity index (χ2v) is 8.54. The van der Waals surface area contributed by atoms with Gasteiger partial charge in [0, 0.05) is 4.87 Å². The molecular weight excluding hydrogens is 273 g/mol. The highest BCUT2D eigenvalue weighted by Crippen LogP contribution is 2.41. The van der Waals surface area contributed by atoms with Gasteiger partial charge in [-0.05, 0) is 33.6 Å². The first-order valence-electron chi connectivity index (χ1n) is 3.86. The third-order valence-electron chi connectivity index (χ3n) is 1.36. The summed E-state index contributed by atoms with van der Waals surface area (Å²) in [5, 5.41) is 0. The Hall–Kier alpha value is 1.45. The summed E-state index contributed by atoms with van der Waals surface area (Å²) in [7, 11) is 0. The van der Waals surface area contributed by atoms with Gasteiger partial charge in [0.25, 0.3) is 0 Å². The molecule has 0 aliphatic rings. The van der Waals surface area contributed by atoms with Crippen molar-refractivity contribution < 1.29 is 0 Å². The third-order valence-corrected chi connectivity index (χ3v) is 2.16. The number of hydrogen-bond acceptors (Lipinski definition) is 0. The van der Waals surface area contributed by atoms with Gasteiger partial charge in [-0.25, -0.2) is 0 Å². The second-order valence-electron chi connectivity index (χ2n) is 3.91. The monoisotopic (exact) mass is 284 g/mol. The topological polar surface area (TPSA) is 0 Å². The maximum absolute atomic E-state index is 6.17. The van der Waals surface area contributed by atoms with Gasteiger partial charge in [0.2, 0.25) is 0 Å². The van der Waals surface area contributed by atoms with Crippen LogP contribution in [0.15, 0.2) is 0 Å². The summed E-state index contributed by atoms with van der Waals surface area (Å²) in [5.41, 5.74) is 0. The van der Waals surface area contributed by atoms with E-state index in [1.54, 1.807) is 13.8 Å². The van der Waals surface area contributed by atoms with E-state index in [-0.39, 0.29) is 0 Å². The first-order valence-corrected chi connectivity index (χ1v) is 5.75. The lowest BCUT2D eigenvalue weighted by atomic mass is 9.99. The number of hydrogen-bond donors (Lipinski definition) is 0. The van der Waals surface area contributed by atoms with Crippen LogP contribution >= 0.6 is 58.0 Å². The van der Waals surface area contributed by atoms with Crippen LogP contribution in [0, 0.1) is 0 Å². The van der Waals surface area contributed by atoms with Crippen LogP contribution < -0.4 is 0 Å². The smallest absolute Gasteiger partial charge is 0.117 e. The Bertz CT molecular complexity index is 144. The quantitative estimate of drug-likeness (QED) is 0.627. The van der Waals surface area contributed by atoms with Crippen molar-refractivity contribution in [2.45, 2.75) is 47.2 Å². The van der Waals surface area contributed by atoms with Crippen molar-refractivity contribution >= 4 is 58.0 Å². The van der Waals surface area contributed by atoms with Gasteiger partial charge in [-0.2, -0.15) is 0 Å². The van der Waals surface area contributed by atoms with Gasteiger partial charge in [0.15, 0.2) is 0 Å². The fraction of sp³-hybridized carbons (Fsp3) is 1.00. The van der Waals surface area contributed by atoms with Gasteiger partial charge in [0.05, 0.1) is 0 Å². The van der Waals surface area contributed by atoms with E-state index in [1.165, 1.54) is 0 Å². The van der Waals surface area contributed by atoms with Crippen LogP contribution in [0.2, 0.25) is 0 Å². The maximum Gasteiger partial charge on any atom is 0.117 e. The van der Waals surface area contributed by atoms with Crippen LogP contribution in [-0.4, -0.2) is 13.5 Å². The standard InChI is InChI=1S/C8H13Cl5/c1-6(9,4-7(2,10)11)5-8(3,12)13/h4-5H2,1-3H3. The summed E-state index contributed by atoms with van der Waals surface area (Å²) in [5.74, 6) is 0. The summed E-state index contributed by atoms with van der Waals surface area (Å²) in [6.07, 6.45) is 0.861. The molecule has 0 rings (SSSR count). The number of halogens is 5. The lowest BCUT2D eigenvalue weighted by Crippen LogP contribution is -2.30. The van der Waals surface area contributed by atoms with Crippen LogP contribution in [0.1, 0.15) is 33.6 Å². The Labute approximate surface area is 105 Å². The predicted molar refractivity (Wildman–Crippen MR) is 63.7 cm³/mol. The Morgan fingerprint density at radius 2 is 0.923 bits per heavy atom. The largest absolute Gasteiger partial charge is 0.119 e. The molecule has 0 aromatic carbocycles. The van der Waals surface area contributed by atoms with Gasteiger partial charge in [-0.3, -0.25) is 0 Å². The molecule has 0 aliphatic carbocycles. The zero-order valence-corrected chi connectivity index (χ0v) is 11.6. The Kier molecular flexibility index (Phi) is 5.04. The first kappa shape index (κ1) is 14.5. The first-order chi connectivity index (χ1) is 5.41. The van der Waals surface area contributed by atoms with Crippen LogP contribution in [-0.2, 0) is 0 Å². The molecular formula is C8H13Cl5. The molecule has 5 heteroatoms. The summed E-state index contributed by atoms with van der Waals surface area (Å²) in [6, 6.07) is 0. The molecule has 0 atom stereocenters. The van der Waals surface area contributed by atoms with Gasteiger partial charge in [0.1, 0.15) is 8.67 Å². The molecule has 0 nitrogen and oxygen atoms in total. The van der Waals surface area contributed by atoms with Crippen LogP contribution in [0.4, 0.5) is 0 Å². The predicted octanol–water partition coefficient (Wildman–Crippen LogP) is 5.15. The van der Waals surface area contributed by atoms with E-state index in [0.29, 0.717) is 12.8 Å². The highest BCUT2D eigenvalue weighted by molar-refractivity contribution is 6.49. The van der Waals surface area contributed by atoms with Crippen molar-refractivity contribution in [2.75, 3.05) is 0 Å². The van der Waals surface area contributed by atoms with E-state index < -0.39 is 13.5 Å². The van der Waals surface area contributed by atoms with E-state index in [1.807, 2.05) is 6.92 Å². The minimum atomic E-state index is -0.852. The zero-order valence-electron chi connectivity index (χ0n) is 7.80. The van der Waals surface area contributed by atoms with Gasteiger partial charge in [-0.1, -0.05) is 0 Å². The van der Waals surface area contributed by atoms with Gasteiger partial charge >= 0.3 is 0 Å². The van der Waals surface area contributed by atoms with Crippen LogP contribution in [0.5, 0.6) is 0 Å². The fourth-order valence-corrected chi connectivity index (χ4v) is 3.34. The summed E-state index contributed by atoms with van der Waals surface area (Å²) >= 11 is 29.5. The summed E-state index contributed by atoms with van der Waals surface area (Å²) in [4.78, 5) is -0.587. The highest BCUT2D eigenvalue weighted by Gasteiger charge is 2.36. The molecule has 0 spiro atoms. The van der Waals surface area contributed by atoms with Crippen molar-refractivity contribution in [2.24, 2.45) is 0 Å². The molecule has 0 aromatic heterocycles. The third kappa shape index (κ3) is 9.75. The summed E-state index contributed by atoms with van der Waals surface area (Å²) in [6.45, 7) is 5.20. The molecule has 0 amide bonds. The molecule has 0 aliphatic heterocycles. The van der Waals surface area contributed by atoms with E-state index in [4.69, 9.17) is 58.0 Å². The molecule has 13 heavy (non-hydrogen) atoms. The van der Waals surface area contributed by atoms with Crippen molar-refractivity contribution in [1.82, 2.24) is 0 Å². The van der Waals surface area contributed by atoms with E-state index >= 15 is 0 Å². The average Bonchev–Trinajstić information content (AvgIpc) is 1.43. The Balaban J connectivity index is 4.25. The highest BCUT2D eigenvalue weighted by atomic mass is 35.5. The minimum Gasteiger partial charge on any atom is -0.119 e. The lowest BCUT2D eigenvalue weighted by molar-refractivity contribution is 0.492. The molecule has 80 valence electrons. The van der Waals surface area contributed by atoms with Crippen LogP contribution in [0.3, 0.4) is 0 Å². The van der Waals surface area contributed by atoms with E-state index in [2.05, 4.69) is 0 Å². The molecule has 0 saturated heterocycles. The van der Waals surface area contributed by atoms with Crippen molar-refractivity contribution in [1.29, 1.82) is 0 Å². The number of rotatable bonds is 4. The van der Waals surface area contributed by atoms with Crippen molar-refractivity contribution in [3.05, 3.63) is 0 Å². The van der Waals surface area contributed by atoms with Crippen molar-refractivity contribution in [3.63, 3.8) is 0 Å². The lowest BCUT2D eigenvalue weighted by Gasteiger charge is -2.30. The molecule has 0 fully saturated rings. The molecule has 0 N–H and O–H groups in total. The molecule has 0 heterocycles. The molecule has 0 bridgehead atoms. The average molecular weight is 286 g/mol. The Morgan fingerprint density at radius 3 is 1.08 bits per heavy atom. The minimum absolute atomic E-state index is 0.430. The molecule has 0 saturated carbocycles. The molecule has 0 radical (unpaired) electrons. The SMILES string of the molecule is CC(Cl)(Cl)CC(C)(Cl)CC(C)(Cl)Cl.